The summed E-state index contributed by atoms with van der Waals surface area (Å²) in [7, 11) is 0. The predicted molar refractivity (Wildman–Crippen MR) is 253 cm³/mol. The van der Waals surface area contributed by atoms with Gasteiger partial charge in [-0.1, -0.05) is 24.3 Å². The van der Waals surface area contributed by atoms with Crippen molar-refractivity contribution in [2.24, 2.45) is 0 Å². The smallest absolute Gasteiger partial charge is 0.209 e. The van der Waals surface area contributed by atoms with Crippen molar-refractivity contribution in [1.82, 2.24) is 49.8 Å². The lowest BCUT2D eigenvalue weighted by atomic mass is 9.99. The van der Waals surface area contributed by atoms with Gasteiger partial charge in [0.15, 0.2) is 0 Å². The molecule has 0 N–H and O–H groups in total. The fourth-order valence-electron chi connectivity index (χ4n) is 7.96. The largest absolute Gasteiger partial charge is 0.342 e. The molecule has 316 valence electrons. The fourth-order valence-corrected chi connectivity index (χ4v) is 7.96. The van der Waals surface area contributed by atoms with E-state index in [1.165, 1.54) is 0 Å². The van der Waals surface area contributed by atoms with Gasteiger partial charge in [-0.3, -0.25) is 34.9 Å². The monoisotopic (exact) mass is 858 g/mol. The third-order valence-corrected chi connectivity index (χ3v) is 11.3. The van der Waals surface area contributed by atoms with Crippen LogP contribution >= 0.6 is 0 Å². The van der Waals surface area contributed by atoms with E-state index >= 15 is 0 Å². The van der Waals surface area contributed by atoms with Crippen LogP contribution in [0.3, 0.4) is 0 Å². The molecule has 0 saturated carbocycles. The fraction of sp³-hybridized carbons (Fsp3) is 0.0741. The molecule has 11 rings (SSSR count). The van der Waals surface area contributed by atoms with Crippen molar-refractivity contribution in [3.05, 3.63) is 195 Å². The van der Waals surface area contributed by atoms with Crippen molar-refractivity contribution in [3.8, 4) is 102 Å². The molecule has 0 unspecified atom stereocenters. The zero-order valence-electron chi connectivity index (χ0n) is 35.6. The van der Waals surface area contributed by atoms with Gasteiger partial charge < -0.3 is 9.47 Å². The molecule has 0 radical (unpaired) electrons. The summed E-state index contributed by atoms with van der Waals surface area (Å²) in [5.41, 5.74) is 14.7. The number of ether oxygens (including phenoxy) is 2. The van der Waals surface area contributed by atoms with E-state index in [2.05, 4.69) is 24.9 Å². The zero-order chi connectivity index (χ0) is 44.3. The van der Waals surface area contributed by atoms with Gasteiger partial charge >= 0.3 is 0 Å². The Kier molecular flexibility index (Phi) is 10.7. The van der Waals surface area contributed by atoms with E-state index in [9.17, 15) is 0 Å². The number of pyridine rings is 10. The second-order valence-corrected chi connectivity index (χ2v) is 15.7. The van der Waals surface area contributed by atoms with Crippen molar-refractivity contribution >= 4 is 0 Å². The molecule has 0 aromatic carbocycles. The first kappa shape index (κ1) is 40.2. The maximum Gasteiger partial charge on any atom is 0.209 e. The lowest BCUT2D eigenvalue weighted by molar-refractivity contribution is -0.152. The SMILES string of the molecule is CC1(c2cc(-c3cc(-c4cc(-c5cc(-c6ccccn6)nc(-c6ccccn6)c5)ccn4)nc(-c4cc(-c5cc(-c6ccccn6)nc(-c6ccccn6)c5)ccn4)c3)ccn2)OCCO1. The summed E-state index contributed by atoms with van der Waals surface area (Å²) in [6.07, 6.45) is 12.5. The summed E-state index contributed by atoms with van der Waals surface area (Å²) in [5.74, 6) is -0.958. The quantitative estimate of drug-likeness (QED) is 0.129. The van der Waals surface area contributed by atoms with Crippen LogP contribution < -0.4 is 0 Å². The molecule has 11 heterocycles. The summed E-state index contributed by atoms with van der Waals surface area (Å²) in [5, 5.41) is 0. The van der Waals surface area contributed by atoms with Crippen LogP contribution in [-0.2, 0) is 15.3 Å². The number of rotatable bonds is 10. The van der Waals surface area contributed by atoms with E-state index < -0.39 is 5.79 Å². The van der Waals surface area contributed by atoms with Crippen LogP contribution in [-0.4, -0.2) is 63.1 Å². The summed E-state index contributed by atoms with van der Waals surface area (Å²) in [4.78, 5) is 48.2. The average Bonchev–Trinajstić information content (AvgIpc) is 3.86. The number of hydrogen-bond donors (Lipinski definition) is 0. The Bertz CT molecular complexity index is 3030. The zero-order valence-corrected chi connectivity index (χ0v) is 35.6. The van der Waals surface area contributed by atoms with Gasteiger partial charge in [0.05, 0.1) is 87.2 Å². The van der Waals surface area contributed by atoms with Gasteiger partial charge in [-0.25, -0.2) is 15.0 Å². The Morgan fingerprint density at radius 3 is 0.955 bits per heavy atom. The molecule has 1 fully saturated rings. The Morgan fingerprint density at radius 2 is 0.606 bits per heavy atom. The van der Waals surface area contributed by atoms with Gasteiger partial charge in [0.1, 0.15) is 0 Å². The van der Waals surface area contributed by atoms with Crippen molar-refractivity contribution in [3.63, 3.8) is 0 Å². The van der Waals surface area contributed by atoms with Crippen LogP contribution in [0.4, 0.5) is 0 Å². The molecule has 0 aliphatic carbocycles. The molecule has 0 amide bonds. The van der Waals surface area contributed by atoms with Gasteiger partial charge in [0, 0.05) is 43.4 Å². The van der Waals surface area contributed by atoms with Crippen molar-refractivity contribution in [1.29, 1.82) is 0 Å². The van der Waals surface area contributed by atoms with Crippen LogP contribution in [0.2, 0.25) is 0 Å². The first-order valence-electron chi connectivity index (χ1n) is 21.4. The highest BCUT2D eigenvalue weighted by Gasteiger charge is 2.35. The molecule has 1 aliphatic rings. The predicted octanol–water partition coefficient (Wildman–Crippen LogP) is 10.9. The standard InChI is InChI=1S/C54H38N10O2/c1-54(65-24-25-66-54)53-34-37(16-23-61-53)40-32-51(45-26-35(14-21-59-45)38-28-47(41-10-2-6-17-55-41)62-48(29-38)42-11-3-7-18-56-42)64-52(33-40)46-27-36(15-22-60-46)39-30-49(43-12-4-8-19-57-43)63-50(31-39)44-13-5-9-20-58-44/h2-23,26-34H,24-25H2,1H3. The molecule has 1 aliphatic heterocycles. The summed E-state index contributed by atoms with van der Waals surface area (Å²) >= 11 is 0. The molecule has 12 heteroatoms. The van der Waals surface area contributed by atoms with Crippen LogP contribution in [0, 0.1) is 0 Å². The first-order valence-corrected chi connectivity index (χ1v) is 21.4. The van der Waals surface area contributed by atoms with E-state index in [1.807, 2.05) is 153 Å². The normalized spacial score (nSPS) is 13.1. The average molecular weight is 859 g/mol. The highest BCUT2D eigenvalue weighted by atomic mass is 16.7. The van der Waals surface area contributed by atoms with Gasteiger partial charge in [-0.2, -0.15) is 0 Å². The molecular formula is C54H38N10O2. The van der Waals surface area contributed by atoms with E-state index in [0.717, 1.165) is 78.9 Å². The molecule has 10 aromatic rings. The molecule has 12 nitrogen and oxygen atoms in total. The van der Waals surface area contributed by atoms with Crippen molar-refractivity contribution < 1.29 is 9.47 Å². The van der Waals surface area contributed by atoms with Crippen LogP contribution in [0.25, 0.3) is 102 Å². The Labute approximate surface area is 380 Å². The van der Waals surface area contributed by atoms with Gasteiger partial charge in [0.25, 0.3) is 0 Å². The minimum Gasteiger partial charge on any atom is -0.342 e. The van der Waals surface area contributed by atoms with Gasteiger partial charge in [0.2, 0.25) is 5.79 Å². The minimum absolute atomic E-state index is 0.490. The summed E-state index contributed by atoms with van der Waals surface area (Å²) in [6, 6.07) is 47.5. The van der Waals surface area contributed by atoms with E-state index in [1.54, 1.807) is 43.4 Å². The van der Waals surface area contributed by atoms with Crippen molar-refractivity contribution in [2.45, 2.75) is 12.7 Å². The minimum atomic E-state index is -0.958. The van der Waals surface area contributed by atoms with Crippen LogP contribution in [0.1, 0.15) is 12.6 Å². The Balaban J connectivity index is 1.05. The summed E-state index contributed by atoms with van der Waals surface area (Å²) < 4.78 is 12.0. The topological polar surface area (TPSA) is 147 Å². The lowest BCUT2D eigenvalue weighted by Crippen LogP contribution is -2.23. The second kappa shape index (κ2) is 17.5. The van der Waals surface area contributed by atoms with E-state index in [0.29, 0.717) is 41.7 Å². The molecule has 0 bridgehead atoms. The van der Waals surface area contributed by atoms with Crippen LogP contribution in [0.15, 0.2) is 189 Å². The summed E-state index contributed by atoms with van der Waals surface area (Å²) in [6.45, 7) is 2.88. The molecule has 10 aromatic heterocycles. The Hall–Kier alpha value is -8.58. The Morgan fingerprint density at radius 1 is 0.303 bits per heavy atom. The van der Waals surface area contributed by atoms with Gasteiger partial charge in [-0.05, 0) is 162 Å². The van der Waals surface area contributed by atoms with Crippen molar-refractivity contribution in [2.75, 3.05) is 13.2 Å². The number of hydrogen-bond acceptors (Lipinski definition) is 12. The second-order valence-electron chi connectivity index (χ2n) is 15.7. The highest BCUT2D eigenvalue weighted by Crippen LogP contribution is 2.37. The first-order chi connectivity index (χ1) is 32.5. The van der Waals surface area contributed by atoms with E-state index in [4.69, 9.17) is 34.4 Å². The third-order valence-electron chi connectivity index (χ3n) is 11.3. The number of aromatic nitrogens is 10. The lowest BCUT2D eigenvalue weighted by Gasteiger charge is -2.22. The molecular weight excluding hydrogens is 821 g/mol. The number of nitrogens with zero attached hydrogens (tertiary/aromatic N) is 10. The van der Waals surface area contributed by atoms with Gasteiger partial charge in [-0.15, -0.1) is 0 Å². The van der Waals surface area contributed by atoms with Crippen LogP contribution in [0.5, 0.6) is 0 Å². The molecule has 66 heavy (non-hydrogen) atoms. The molecule has 1 saturated heterocycles. The van der Waals surface area contributed by atoms with E-state index in [-0.39, 0.29) is 0 Å². The maximum atomic E-state index is 6.02. The third kappa shape index (κ3) is 8.32. The molecule has 0 spiro atoms. The highest BCUT2D eigenvalue weighted by molar-refractivity contribution is 5.81. The maximum absolute atomic E-state index is 6.02. The molecule has 0 atom stereocenters.